The molecule has 0 spiro atoms. The van der Waals surface area contributed by atoms with Crippen LogP contribution in [0.4, 0.5) is 5.69 Å². The van der Waals surface area contributed by atoms with Gasteiger partial charge in [-0.05, 0) is 35.9 Å². The van der Waals surface area contributed by atoms with E-state index >= 15 is 0 Å². The molecule has 0 aromatic heterocycles. The maximum absolute atomic E-state index is 12.4. The topological polar surface area (TPSA) is 84.9 Å². The van der Waals surface area contributed by atoms with Crippen LogP contribution in [-0.4, -0.2) is 58.4 Å². The minimum absolute atomic E-state index is 0. The van der Waals surface area contributed by atoms with Gasteiger partial charge in [0.25, 0.3) is 0 Å². The van der Waals surface area contributed by atoms with E-state index in [1.807, 2.05) is 32.9 Å². The monoisotopic (exact) mass is 483 g/mol. The van der Waals surface area contributed by atoms with Gasteiger partial charge in [0, 0.05) is 27.2 Å². The second-order valence-electron chi connectivity index (χ2n) is 9.59. The molecule has 0 saturated carbocycles. The van der Waals surface area contributed by atoms with Gasteiger partial charge in [0.05, 0.1) is 13.5 Å². The van der Waals surface area contributed by atoms with Crippen LogP contribution in [0.1, 0.15) is 52.7 Å². The molecule has 0 atom stereocenters. The van der Waals surface area contributed by atoms with Crippen molar-refractivity contribution in [3.8, 4) is 17.2 Å². The second-order valence-corrected chi connectivity index (χ2v) is 11.4. The first-order valence-electron chi connectivity index (χ1n) is 10.4. The molecule has 176 valence electrons. The fourth-order valence-electron chi connectivity index (χ4n) is 2.69. The van der Waals surface area contributed by atoms with Gasteiger partial charge >= 0.3 is 35.5 Å². The molecule has 0 aliphatic heterocycles. The molecule has 1 amide bonds. The Morgan fingerprint density at radius 3 is 2.15 bits per heavy atom. The summed E-state index contributed by atoms with van der Waals surface area (Å²) in [5.74, 6) is 1.28. The Balaban J connectivity index is 0.00000544. The van der Waals surface area contributed by atoms with E-state index in [1.165, 1.54) is 0 Å². The first kappa shape index (κ1) is 29.4. The molecule has 33 heavy (non-hydrogen) atoms. The van der Waals surface area contributed by atoms with Crippen LogP contribution in [0.5, 0.6) is 17.2 Å². The van der Waals surface area contributed by atoms with Crippen LogP contribution in [0.25, 0.3) is 0 Å². The number of carbonyl (C=O) groups is 2. The Hall–Kier alpha value is -1.67. The SMILES string of the molecule is COc1ccc(CC(=O)O)cc1Oc1ccc(NC(=O)C(C)(C)C)cc1CSC(C)(C)C.[NaH]. The summed E-state index contributed by atoms with van der Waals surface area (Å²) in [7, 11) is 1.54. The Bertz CT molecular complexity index is 980. The van der Waals surface area contributed by atoms with E-state index in [4.69, 9.17) is 14.6 Å². The average molecular weight is 484 g/mol. The van der Waals surface area contributed by atoms with Crippen LogP contribution < -0.4 is 14.8 Å². The molecule has 0 heterocycles. The van der Waals surface area contributed by atoms with Gasteiger partial charge in [0.1, 0.15) is 5.75 Å². The second kappa shape index (κ2) is 12.2. The number of carboxylic acids is 1. The van der Waals surface area contributed by atoms with Crippen molar-refractivity contribution >= 4 is 58.9 Å². The maximum atomic E-state index is 12.4. The molecule has 0 aliphatic rings. The number of benzene rings is 2. The van der Waals surface area contributed by atoms with Gasteiger partial charge in [0.2, 0.25) is 5.91 Å². The molecule has 0 fully saturated rings. The van der Waals surface area contributed by atoms with Crippen molar-refractivity contribution in [2.24, 2.45) is 5.41 Å². The first-order chi connectivity index (χ1) is 14.8. The summed E-state index contributed by atoms with van der Waals surface area (Å²) in [5, 5.41) is 12.1. The van der Waals surface area contributed by atoms with Crippen molar-refractivity contribution in [1.82, 2.24) is 0 Å². The molecule has 2 N–H and O–H groups in total. The molecule has 6 nitrogen and oxygen atoms in total. The predicted molar refractivity (Wildman–Crippen MR) is 137 cm³/mol. The van der Waals surface area contributed by atoms with Gasteiger partial charge in [-0.25, -0.2) is 0 Å². The number of rotatable bonds is 8. The number of carboxylic acid groups (broad SMARTS) is 1. The van der Waals surface area contributed by atoms with Crippen LogP contribution in [0.2, 0.25) is 0 Å². The fourth-order valence-corrected chi connectivity index (χ4v) is 3.50. The first-order valence-corrected chi connectivity index (χ1v) is 11.4. The third-order valence-electron chi connectivity index (χ3n) is 4.46. The summed E-state index contributed by atoms with van der Waals surface area (Å²) < 4.78 is 11.7. The molecule has 0 aliphatic carbocycles. The molecule has 0 bridgehead atoms. The van der Waals surface area contributed by atoms with Gasteiger partial charge in [-0.1, -0.05) is 47.6 Å². The van der Waals surface area contributed by atoms with Crippen molar-refractivity contribution in [1.29, 1.82) is 0 Å². The van der Waals surface area contributed by atoms with E-state index in [2.05, 4.69) is 26.1 Å². The molecule has 0 unspecified atom stereocenters. The average Bonchev–Trinajstić information content (AvgIpc) is 2.66. The van der Waals surface area contributed by atoms with Crippen molar-refractivity contribution in [2.45, 2.75) is 58.5 Å². The van der Waals surface area contributed by atoms with E-state index < -0.39 is 11.4 Å². The zero-order valence-electron chi connectivity index (χ0n) is 19.9. The summed E-state index contributed by atoms with van der Waals surface area (Å²) in [6, 6.07) is 10.6. The van der Waals surface area contributed by atoms with Gasteiger partial charge in [-0.2, -0.15) is 11.8 Å². The molecule has 2 aromatic carbocycles. The number of anilines is 1. The van der Waals surface area contributed by atoms with Gasteiger partial charge in [-0.3, -0.25) is 9.59 Å². The van der Waals surface area contributed by atoms with E-state index in [-0.39, 0.29) is 46.6 Å². The number of amides is 1. The van der Waals surface area contributed by atoms with Crippen molar-refractivity contribution < 1.29 is 24.2 Å². The molecule has 2 aromatic rings. The normalized spacial score (nSPS) is 11.4. The predicted octanol–water partition coefficient (Wildman–Crippen LogP) is 5.48. The summed E-state index contributed by atoms with van der Waals surface area (Å²) in [6.45, 7) is 12.0. The Labute approximate surface area is 223 Å². The fraction of sp³-hybridized carbons (Fsp3) is 0.440. The van der Waals surface area contributed by atoms with Crippen LogP contribution in [0.15, 0.2) is 36.4 Å². The zero-order chi connectivity index (χ0) is 24.1. The van der Waals surface area contributed by atoms with E-state index in [0.29, 0.717) is 34.3 Å². The van der Waals surface area contributed by atoms with Crippen molar-refractivity contribution in [3.63, 3.8) is 0 Å². The van der Waals surface area contributed by atoms with Gasteiger partial charge in [0.15, 0.2) is 11.5 Å². The zero-order valence-corrected chi connectivity index (χ0v) is 20.7. The standard InChI is InChI=1S/C25H33NO5S.Na.H/c1-24(2,3)23(29)26-18-9-11-19(17(14-18)15-32-25(4,5)6)31-21-12-16(13-22(27)28)8-10-20(21)30-7;;/h8-12,14H,13,15H2,1-7H3,(H,26,29)(H,27,28);;. The number of ether oxygens (including phenoxy) is 2. The molecule has 0 saturated heterocycles. The number of aliphatic carboxylic acids is 1. The van der Waals surface area contributed by atoms with Crippen LogP contribution in [0, 0.1) is 5.41 Å². The summed E-state index contributed by atoms with van der Waals surface area (Å²) in [6.07, 6.45) is -0.106. The number of methoxy groups -OCH3 is 1. The van der Waals surface area contributed by atoms with Crippen molar-refractivity contribution in [3.05, 3.63) is 47.5 Å². The Morgan fingerprint density at radius 2 is 1.61 bits per heavy atom. The summed E-state index contributed by atoms with van der Waals surface area (Å²) >= 11 is 1.76. The van der Waals surface area contributed by atoms with E-state index in [1.54, 1.807) is 43.1 Å². The van der Waals surface area contributed by atoms with Crippen molar-refractivity contribution in [2.75, 3.05) is 12.4 Å². The molecule has 8 heteroatoms. The molecule has 2 rings (SSSR count). The number of hydrogen-bond acceptors (Lipinski definition) is 5. The molecule has 0 radical (unpaired) electrons. The summed E-state index contributed by atoms with van der Waals surface area (Å²) in [5.41, 5.74) is 1.73. The Morgan fingerprint density at radius 1 is 0.970 bits per heavy atom. The van der Waals surface area contributed by atoms with Gasteiger partial charge < -0.3 is 19.9 Å². The number of nitrogens with one attached hydrogen (secondary N) is 1. The van der Waals surface area contributed by atoms with E-state index in [0.717, 1.165) is 5.56 Å². The van der Waals surface area contributed by atoms with Gasteiger partial charge in [-0.15, -0.1) is 0 Å². The number of thioether (sulfide) groups is 1. The number of hydrogen-bond donors (Lipinski definition) is 2. The van der Waals surface area contributed by atoms with Crippen LogP contribution >= 0.6 is 11.8 Å². The third kappa shape index (κ3) is 9.61. The Kier molecular flexibility index (Phi) is 10.8. The molecular formula is C25H34NNaO5S. The van der Waals surface area contributed by atoms with E-state index in [9.17, 15) is 9.59 Å². The minimum atomic E-state index is -0.915. The number of carbonyl (C=O) groups excluding carboxylic acids is 1. The molecular weight excluding hydrogens is 449 g/mol. The van der Waals surface area contributed by atoms with Crippen LogP contribution in [0.3, 0.4) is 0 Å². The quantitative estimate of drug-likeness (QED) is 0.484. The van der Waals surface area contributed by atoms with Crippen LogP contribution in [-0.2, 0) is 21.8 Å². The summed E-state index contributed by atoms with van der Waals surface area (Å²) in [4.78, 5) is 23.5. The third-order valence-corrected chi connectivity index (χ3v) is 5.78.